The van der Waals surface area contributed by atoms with Crippen LogP contribution in [0, 0.1) is 11.8 Å². The van der Waals surface area contributed by atoms with Crippen LogP contribution in [0.15, 0.2) is 33.2 Å². The largest absolute Gasteiger partial charge is 0.492 e. The highest BCUT2D eigenvalue weighted by atomic mass is 79.9. The molecule has 54 heavy (non-hydrogen) atoms. The minimum absolute atomic E-state index is 0.636. The Morgan fingerprint density at radius 2 is 0.593 bits per heavy atom. The van der Waals surface area contributed by atoms with Crippen molar-refractivity contribution in [3.63, 3.8) is 0 Å². The van der Waals surface area contributed by atoms with Gasteiger partial charge in [-0.05, 0) is 104 Å². The van der Waals surface area contributed by atoms with E-state index in [-0.39, 0.29) is 0 Å². The first-order valence-corrected chi connectivity index (χ1v) is 25.3. The number of rotatable bonds is 38. The molecule has 0 spiro atoms. The van der Waals surface area contributed by atoms with Crippen LogP contribution in [0.2, 0.25) is 0 Å². The number of hydrogen-bond acceptors (Lipinski definition) is 2. The van der Waals surface area contributed by atoms with E-state index in [1.165, 1.54) is 216 Å². The van der Waals surface area contributed by atoms with Crippen molar-refractivity contribution in [2.24, 2.45) is 11.8 Å². The van der Waals surface area contributed by atoms with E-state index in [0.29, 0.717) is 11.8 Å². The van der Waals surface area contributed by atoms with Gasteiger partial charge in [-0.15, -0.1) is 0 Å². The van der Waals surface area contributed by atoms with Crippen molar-refractivity contribution in [2.45, 2.75) is 233 Å². The van der Waals surface area contributed by atoms with Crippen LogP contribution >= 0.6 is 31.9 Å². The maximum absolute atomic E-state index is 6.63. The van der Waals surface area contributed by atoms with Gasteiger partial charge in [0.15, 0.2) is 0 Å². The minimum atomic E-state index is 0.636. The highest BCUT2D eigenvalue weighted by molar-refractivity contribution is 9.11. The zero-order chi connectivity index (χ0) is 38.9. The minimum Gasteiger partial charge on any atom is -0.492 e. The summed E-state index contributed by atoms with van der Waals surface area (Å²) in [7, 11) is 0. The molecular weight excluding hydrogens is 792 g/mol. The molecule has 2 nitrogen and oxygen atoms in total. The molecule has 0 amide bonds. The maximum atomic E-state index is 6.63. The number of hydrogen-bond donors (Lipinski definition) is 0. The van der Waals surface area contributed by atoms with Gasteiger partial charge in [0.25, 0.3) is 0 Å². The zero-order valence-electron chi connectivity index (χ0n) is 36.1. The van der Waals surface area contributed by atoms with Gasteiger partial charge in [-0.2, -0.15) is 0 Å². The molecule has 2 atom stereocenters. The van der Waals surface area contributed by atoms with Crippen LogP contribution in [-0.4, -0.2) is 13.2 Å². The molecule has 0 heterocycles. The molecule has 0 saturated carbocycles. The predicted octanol–water partition coefficient (Wildman–Crippen LogP) is 18.9. The third-order valence-electron chi connectivity index (χ3n) is 11.8. The monoisotopic (exact) mass is 876 g/mol. The lowest BCUT2D eigenvalue weighted by atomic mass is 9.94. The van der Waals surface area contributed by atoms with E-state index in [1.54, 1.807) is 0 Å². The fraction of sp³-hybridized carbons (Fsp3) is 0.800. The Morgan fingerprint density at radius 3 is 0.852 bits per heavy atom. The smallest absolute Gasteiger partial charge is 0.134 e. The zero-order valence-corrected chi connectivity index (χ0v) is 39.3. The van der Waals surface area contributed by atoms with Crippen LogP contribution in [0.3, 0.4) is 0 Å². The molecule has 0 aliphatic heterocycles. The molecule has 312 valence electrons. The Labute approximate surface area is 353 Å². The molecule has 0 bridgehead atoms. The van der Waals surface area contributed by atoms with Crippen LogP contribution in [0.1, 0.15) is 233 Å². The predicted molar refractivity (Wildman–Crippen MR) is 248 cm³/mol. The van der Waals surface area contributed by atoms with E-state index in [2.05, 4.69) is 83.8 Å². The van der Waals surface area contributed by atoms with Crippen LogP contribution < -0.4 is 9.47 Å². The molecule has 0 saturated heterocycles. The van der Waals surface area contributed by atoms with Gasteiger partial charge in [-0.1, -0.05) is 207 Å². The molecule has 0 aliphatic carbocycles. The highest BCUT2D eigenvalue weighted by Crippen LogP contribution is 2.37. The van der Waals surface area contributed by atoms with Gasteiger partial charge in [0.1, 0.15) is 11.5 Å². The lowest BCUT2D eigenvalue weighted by Gasteiger charge is -2.20. The Balaban J connectivity index is 1.97. The van der Waals surface area contributed by atoms with Crippen molar-refractivity contribution in [3.05, 3.63) is 33.2 Å². The molecule has 2 rings (SSSR count). The molecule has 4 heteroatoms. The number of ether oxygens (including phenoxy) is 2. The van der Waals surface area contributed by atoms with E-state index >= 15 is 0 Å². The van der Waals surface area contributed by atoms with Gasteiger partial charge >= 0.3 is 0 Å². The molecule has 0 aliphatic rings. The SMILES string of the molecule is CCCCCCCCCCC(CCCCCCCC)COc1cc2cc(Br)c(OCC(CCCCCCCC)CCCCCCCCCC)cc2cc1Br. The van der Waals surface area contributed by atoms with E-state index in [1.807, 2.05) is 0 Å². The summed E-state index contributed by atoms with van der Waals surface area (Å²) in [6.45, 7) is 10.9. The van der Waals surface area contributed by atoms with Gasteiger partial charge in [-0.3, -0.25) is 0 Å². The van der Waals surface area contributed by atoms with Crippen molar-refractivity contribution in [3.8, 4) is 11.5 Å². The summed E-state index contributed by atoms with van der Waals surface area (Å²) in [5, 5.41) is 2.40. The standard InChI is InChI=1S/C50H86Br2O2/c1-5-9-13-17-21-23-27-31-35-43(33-29-25-19-15-11-7-3)41-53-49-39-45-38-48(52)50(40-46(45)37-47(49)51)54-42-44(34-30-26-20-16-12-8-4)36-32-28-24-22-18-14-10-6-2/h37-40,43-44H,5-36,41-42H2,1-4H3. The van der Waals surface area contributed by atoms with Crippen LogP contribution in [0.25, 0.3) is 10.8 Å². The quantitative estimate of drug-likeness (QED) is 0.0626. The topological polar surface area (TPSA) is 18.5 Å². The molecule has 0 N–H and O–H groups in total. The summed E-state index contributed by atoms with van der Waals surface area (Å²) >= 11 is 7.78. The van der Waals surface area contributed by atoms with Crippen molar-refractivity contribution in [2.75, 3.05) is 13.2 Å². The molecule has 2 aromatic rings. The first-order valence-electron chi connectivity index (χ1n) is 23.7. The van der Waals surface area contributed by atoms with Crippen molar-refractivity contribution < 1.29 is 9.47 Å². The van der Waals surface area contributed by atoms with Crippen LogP contribution in [0.5, 0.6) is 11.5 Å². The van der Waals surface area contributed by atoms with Crippen molar-refractivity contribution >= 4 is 42.6 Å². The summed E-state index contributed by atoms with van der Waals surface area (Å²) in [6.07, 6.45) is 43.6. The summed E-state index contributed by atoms with van der Waals surface area (Å²) in [5.74, 6) is 3.21. The average molecular weight is 879 g/mol. The van der Waals surface area contributed by atoms with Gasteiger partial charge in [0.2, 0.25) is 0 Å². The Kier molecular flexibility index (Phi) is 31.4. The number of fused-ring (bicyclic) bond motifs is 1. The third kappa shape index (κ3) is 24.1. The fourth-order valence-corrected chi connectivity index (χ4v) is 9.02. The van der Waals surface area contributed by atoms with Gasteiger partial charge in [0.05, 0.1) is 22.2 Å². The van der Waals surface area contributed by atoms with Crippen molar-refractivity contribution in [1.29, 1.82) is 0 Å². The molecule has 2 aromatic carbocycles. The average Bonchev–Trinajstić information content (AvgIpc) is 3.17. The third-order valence-corrected chi connectivity index (χ3v) is 13.0. The normalized spacial score (nSPS) is 12.8. The molecule has 0 radical (unpaired) electrons. The second kappa shape index (κ2) is 34.3. The van der Waals surface area contributed by atoms with Crippen LogP contribution in [0.4, 0.5) is 0 Å². The Bertz CT molecular complexity index is 1060. The summed E-state index contributed by atoms with van der Waals surface area (Å²) in [5.41, 5.74) is 0. The summed E-state index contributed by atoms with van der Waals surface area (Å²) in [4.78, 5) is 0. The van der Waals surface area contributed by atoms with E-state index < -0.39 is 0 Å². The molecule has 2 unspecified atom stereocenters. The highest BCUT2D eigenvalue weighted by Gasteiger charge is 2.15. The lowest BCUT2D eigenvalue weighted by molar-refractivity contribution is 0.222. The maximum Gasteiger partial charge on any atom is 0.134 e. The van der Waals surface area contributed by atoms with Crippen molar-refractivity contribution in [1.82, 2.24) is 0 Å². The van der Waals surface area contributed by atoms with E-state index in [4.69, 9.17) is 9.47 Å². The van der Waals surface area contributed by atoms with E-state index in [0.717, 1.165) is 33.7 Å². The molecule has 0 aromatic heterocycles. The van der Waals surface area contributed by atoms with E-state index in [9.17, 15) is 0 Å². The molecular formula is C50H86Br2O2. The second-order valence-corrected chi connectivity index (χ2v) is 18.6. The summed E-state index contributed by atoms with van der Waals surface area (Å²) < 4.78 is 15.3. The number of benzene rings is 2. The molecule has 0 fully saturated rings. The Morgan fingerprint density at radius 1 is 0.352 bits per heavy atom. The lowest BCUT2D eigenvalue weighted by Crippen LogP contribution is -2.13. The van der Waals surface area contributed by atoms with Gasteiger partial charge in [0, 0.05) is 0 Å². The number of halogens is 2. The van der Waals surface area contributed by atoms with Gasteiger partial charge < -0.3 is 9.47 Å². The fourth-order valence-electron chi connectivity index (χ4n) is 8.07. The summed E-state index contributed by atoms with van der Waals surface area (Å²) in [6, 6.07) is 8.93. The van der Waals surface area contributed by atoms with Gasteiger partial charge in [-0.25, -0.2) is 0 Å². The second-order valence-electron chi connectivity index (χ2n) is 16.9. The Hall–Kier alpha value is -0.740. The first kappa shape index (κ1) is 49.4. The number of unbranched alkanes of at least 4 members (excludes halogenated alkanes) is 24. The van der Waals surface area contributed by atoms with Crippen LogP contribution in [-0.2, 0) is 0 Å². The first-order chi connectivity index (χ1) is 26.5.